The third-order valence-corrected chi connectivity index (χ3v) is 2.59. The second kappa shape index (κ2) is 12.8. The van der Waals surface area contributed by atoms with E-state index >= 15 is 0 Å². The van der Waals surface area contributed by atoms with E-state index in [4.69, 9.17) is 15.9 Å². The van der Waals surface area contributed by atoms with E-state index < -0.39 is 6.10 Å². The van der Waals surface area contributed by atoms with Gasteiger partial charge in [0.15, 0.2) is 0 Å². The molecular formula is C11H21NO3S. The summed E-state index contributed by atoms with van der Waals surface area (Å²) in [6, 6.07) is 0. The number of hydrogen-bond acceptors (Lipinski definition) is 5. The zero-order valence-electron chi connectivity index (χ0n) is 9.78. The summed E-state index contributed by atoms with van der Waals surface area (Å²) in [7, 11) is 1.62. The van der Waals surface area contributed by atoms with Gasteiger partial charge in [-0.15, -0.1) is 18.2 Å². The van der Waals surface area contributed by atoms with Crippen LogP contribution in [0.2, 0.25) is 0 Å². The molecule has 4 nitrogen and oxygen atoms in total. The number of methoxy groups -OCH3 is 1. The number of ether oxygens (including phenoxy) is 2. The maximum atomic E-state index is 9.48. The van der Waals surface area contributed by atoms with Gasteiger partial charge in [0, 0.05) is 26.0 Å². The molecule has 2 N–H and O–H groups in total. The lowest BCUT2D eigenvalue weighted by atomic mass is 10.4. The van der Waals surface area contributed by atoms with Crippen molar-refractivity contribution in [2.24, 2.45) is 0 Å². The highest BCUT2D eigenvalue weighted by Gasteiger charge is 2.02. The van der Waals surface area contributed by atoms with Gasteiger partial charge in [0.25, 0.3) is 0 Å². The summed E-state index contributed by atoms with van der Waals surface area (Å²) in [4.78, 5) is 0. The normalized spacial score (nSPS) is 12.3. The van der Waals surface area contributed by atoms with Gasteiger partial charge < -0.3 is 19.9 Å². The first kappa shape index (κ1) is 15.8. The Labute approximate surface area is 102 Å². The van der Waals surface area contributed by atoms with Crippen molar-refractivity contribution in [2.45, 2.75) is 6.10 Å². The number of hydrogen-bond donors (Lipinski definition) is 2. The van der Waals surface area contributed by atoms with Gasteiger partial charge >= 0.3 is 0 Å². The molecule has 0 saturated heterocycles. The maximum Gasteiger partial charge on any atom is 0.0897 e. The van der Waals surface area contributed by atoms with E-state index in [1.807, 2.05) is 0 Å². The van der Waals surface area contributed by atoms with Gasteiger partial charge in [-0.3, -0.25) is 0 Å². The first-order valence-electron chi connectivity index (χ1n) is 5.28. The molecule has 0 aromatic rings. The van der Waals surface area contributed by atoms with Crippen molar-refractivity contribution in [3.05, 3.63) is 0 Å². The fourth-order valence-electron chi connectivity index (χ4n) is 0.965. The van der Waals surface area contributed by atoms with Gasteiger partial charge in [0.1, 0.15) is 0 Å². The van der Waals surface area contributed by atoms with Crippen LogP contribution in [-0.4, -0.2) is 62.7 Å². The van der Waals surface area contributed by atoms with Crippen LogP contribution in [0.4, 0.5) is 0 Å². The van der Waals surface area contributed by atoms with Crippen LogP contribution in [0.25, 0.3) is 0 Å². The fraction of sp³-hybridized carbons (Fsp3) is 0.818. The second-order valence-electron chi connectivity index (χ2n) is 3.18. The molecule has 0 rings (SSSR count). The van der Waals surface area contributed by atoms with Crippen LogP contribution in [0.5, 0.6) is 0 Å². The quantitative estimate of drug-likeness (QED) is 0.396. The molecule has 94 valence electrons. The Balaban J connectivity index is 3.11. The lowest BCUT2D eigenvalue weighted by Crippen LogP contribution is -2.32. The van der Waals surface area contributed by atoms with Crippen LogP contribution >= 0.6 is 11.8 Å². The van der Waals surface area contributed by atoms with Crippen LogP contribution in [0.15, 0.2) is 0 Å². The molecule has 5 heteroatoms. The number of aliphatic hydroxyl groups excluding tert-OH is 1. The van der Waals surface area contributed by atoms with E-state index in [-0.39, 0.29) is 0 Å². The van der Waals surface area contributed by atoms with Crippen molar-refractivity contribution < 1.29 is 14.6 Å². The van der Waals surface area contributed by atoms with Gasteiger partial charge in [-0.05, 0) is 0 Å². The van der Waals surface area contributed by atoms with Gasteiger partial charge in [-0.2, -0.15) is 0 Å². The zero-order chi connectivity index (χ0) is 12.1. The molecule has 0 amide bonds. The summed E-state index contributed by atoms with van der Waals surface area (Å²) in [5, 5.41) is 12.6. The number of thioether (sulfide) groups is 1. The van der Waals surface area contributed by atoms with E-state index in [9.17, 15) is 5.11 Å². The first-order chi connectivity index (χ1) is 7.81. The van der Waals surface area contributed by atoms with Crippen LogP contribution in [0.1, 0.15) is 0 Å². The van der Waals surface area contributed by atoms with E-state index in [1.54, 1.807) is 18.9 Å². The van der Waals surface area contributed by atoms with Crippen LogP contribution in [0.3, 0.4) is 0 Å². The lowest BCUT2D eigenvalue weighted by molar-refractivity contribution is 0.0140. The van der Waals surface area contributed by atoms with Gasteiger partial charge in [-0.1, -0.05) is 5.92 Å². The smallest absolute Gasteiger partial charge is 0.0897 e. The van der Waals surface area contributed by atoms with Crippen molar-refractivity contribution in [3.8, 4) is 12.3 Å². The molecule has 0 fully saturated rings. The minimum atomic E-state index is -0.463. The Hall–Kier alpha value is -0.250. The predicted molar refractivity (Wildman–Crippen MR) is 67.7 cm³/mol. The van der Waals surface area contributed by atoms with Crippen LogP contribution < -0.4 is 5.32 Å². The summed E-state index contributed by atoms with van der Waals surface area (Å²) in [5.74, 6) is 4.26. The van der Waals surface area contributed by atoms with Crippen molar-refractivity contribution in [2.75, 3.05) is 51.5 Å². The Bertz CT molecular complexity index is 185. The van der Waals surface area contributed by atoms with Gasteiger partial charge in [0.05, 0.1) is 31.7 Å². The minimum absolute atomic E-state index is 0.341. The topological polar surface area (TPSA) is 50.7 Å². The average molecular weight is 247 g/mol. The number of rotatable bonds is 11. The molecule has 16 heavy (non-hydrogen) atoms. The highest BCUT2D eigenvalue weighted by atomic mass is 32.2. The van der Waals surface area contributed by atoms with E-state index in [0.29, 0.717) is 26.4 Å². The number of nitrogens with one attached hydrogen (secondary N) is 1. The average Bonchev–Trinajstić information content (AvgIpc) is 2.29. The summed E-state index contributed by atoms with van der Waals surface area (Å²) in [5.41, 5.74) is 0. The Morgan fingerprint density at radius 3 is 3.00 bits per heavy atom. The molecule has 0 aliphatic carbocycles. The summed E-state index contributed by atoms with van der Waals surface area (Å²) < 4.78 is 10.0. The molecular weight excluding hydrogens is 226 g/mol. The molecule has 0 radical (unpaired) electrons. The molecule has 1 atom stereocenters. The number of terminal acetylenes is 1. The molecule has 0 bridgehead atoms. The predicted octanol–water partition coefficient (Wildman–Crippen LogP) is -0.0337. The molecule has 0 aromatic heterocycles. The van der Waals surface area contributed by atoms with E-state index in [0.717, 1.165) is 18.1 Å². The van der Waals surface area contributed by atoms with Gasteiger partial charge in [-0.25, -0.2) is 0 Å². The molecule has 0 aliphatic heterocycles. The standard InChI is InChI=1S/C11H21NO3S/c1-3-7-16-8-4-12-9-11(13)10-15-6-5-14-2/h1,11-13H,4-10H2,2H3. The third-order valence-electron chi connectivity index (χ3n) is 1.73. The van der Waals surface area contributed by atoms with Crippen molar-refractivity contribution in [1.29, 1.82) is 0 Å². The zero-order valence-corrected chi connectivity index (χ0v) is 10.6. The lowest BCUT2D eigenvalue weighted by Gasteiger charge is -2.11. The van der Waals surface area contributed by atoms with E-state index in [1.165, 1.54) is 0 Å². The molecule has 0 aliphatic rings. The monoisotopic (exact) mass is 247 g/mol. The maximum absolute atomic E-state index is 9.48. The first-order valence-corrected chi connectivity index (χ1v) is 6.43. The summed E-state index contributed by atoms with van der Waals surface area (Å²) >= 11 is 1.70. The molecule has 0 heterocycles. The largest absolute Gasteiger partial charge is 0.389 e. The molecule has 1 unspecified atom stereocenters. The molecule has 0 saturated carbocycles. The summed E-state index contributed by atoms with van der Waals surface area (Å²) in [6.45, 7) is 2.81. The van der Waals surface area contributed by atoms with Crippen LogP contribution in [0, 0.1) is 12.3 Å². The third kappa shape index (κ3) is 11.8. The van der Waals surface area contributed by atoms with Crippen LogP contribution in [-0.2, 0) is 9.47 Å². The molecule has 0 aromatic carbocycles. The van der Waals surface area contributed by atoms with Gasteiger partial charge in [0.2, 0.25) is 0 Å². The van der Waals surface area contributed by atoms with Crippen molar-refractivity contribution in [3.63, 3.8) is 0 Å². The number of aliphatic hydroxyl groups is 1. The second-order valence-corrected chi connectivity index (χ2v) is 4.29. The van der Waals surface area contributed by atoms with E-state index in [2.05, 4.69) is 11.2 Å². The minimum Gasteiger partial charge on any atom is -0.389 e. The Morgan fingerprint density at radius 1 is 1.50 bits per heavy atom. The SMILES string of the molecule is C#CCSCCNCC(O)COCCOC. The highest BCUT2D eigenvalue weighted by Crippen LogP contribution is 1.95. The van der Waals surface area contributed by atoms with Crippen molar-refractivity contribution in [1.82, 2.24) is 5.32 Å². The van der Waals surface area contributed by atoms with Crippen molar-refractivity contribution >= 4 is 11.8 Å². The molecule has 0 spiro atoms. The Morgan fingerprint density at radius 2 is 2.31 bits per heavy atom. The highest BCUT2D eigenvalue weighted by molar-refractivity contribution is 7.99. The Kier molecular flexibility index (Phi) is 12.6. The fourth-order valence-corrected chi connectivity index (χ4v) is 1.52. The summed E-state index contributed by atoms with van der Waals surface area (Å²) in [6.07, 6.45) is 4.65.